The molecule has 2 aromatic carbocycles. The first-order valence-corrected chi connectivity index (χ1v) is 11.2. The molecule has 1 heterocycles. The lowest BCUT2D eigenvalue weighted by molar-refractivity contribution is -0.137. The number of alkyl halides is 3. The number of benzene rings is 2. The molecule has 0 aliphatic rings. The van der Waals surface area contributed by atoms with E-state index < -0.39 is 23.3 Å². The molecule has 33 heavy (non-hydrogen) atoms. The minimum atomic E-state index is -4.38. The summed E-state index contributed by atoms with van der Waals surface area (Å²) in [6, 6.07) is 10.3. The molecule has 0 bridgehead atoms. The van der Waals surface area contributed by atoms with Gasteiger partial charge in [0.15, 0.2) is 0 Å². The van der Waals surface area contributed by atoms with Gasteiger partial charge in [0, 0.05) is 30.1 Å². The minimum absolute atomic E-state index is 0.128. The minimum Gasteiger partial charge on any atom is -0.427 e. The first-order chi connectivity index (χ1) is 15.5. The molecule has 0 aliphatic carbocycles. The number of carbonyl (C=O) groups is 1. The van der Waals surface area contributed by atoms with E-state index in [1.54, 1.807) is 0 Å². The van der Waals surface area contributed by atoms with Crippen molar-refractivity contribution in [1.29, 1.82) is 0 Å². The van der Waals surface area contributed by atoms with Crippen molar-refractivity contribution >= 4 is 17.7 Å². The number of carbonyl (C=O) groups excluding carboxylic acids is 1. The third-order valence-corrected chi connectivity index (χ3v) is 5.96. The van der Waals surface area contributed by atoms with Gasteiger partial charge in [-0.3, -0.25) is 4.79 Å². The van der Waals surface area contributed by atoms with Crippen molar-refractivity contribution in [3.05, 3.63) is 80.9 Å². The van der Waals surface area contributed by atoms with Gasteiger partial charge >= 0.3 is 17.8 Å². The predicted molar refractivity (Wildman–Crippen MR) is 122 cm³/mol. The maximum Gasteiger partial charge on any atom is 0.416 e. The molecule has 174 valence electrons. The molecule has 0 unspecified atom stereocenters. The normalized spacial score (nSPS) is 11.5. The predicted octanol–water partition coefficient (Wildman–Crippen LogP) is 6.51. The van der Waals surface area contributed by atoms with Gasteiger partial charge < -0.3 is 9.15 Å². The fourth-order valence-electron chi connectivity index (χ4n) is 3.69. The highest BCUT2D eigenvalue weighted by molar-refractivity contribution is 7.99. The average Bonchev–Trinajstić information content (AvgIpc) is 2.68. The van der Waals surface area contributed by atoms with Crippen molar-refractivity contribution in [2.75, 3.05) is 5.75 Å². The zero-order valence-corrected chi connectivity index (χ0v) is 19.4. The molecule has 0 aliphatic heterocycles. The molecule has 0 saturated carbocycles. The Morgan fingerprint density at radius 3 is 2.15 bits per heavy atom. The highest BCUT2D eigenvalue weighted by atomic mass is 32.2. The smallest absolute Gasteiger partial charge is 0.416 e. The Morgan fingerprint density at radius 1 is 1.00 bits per heavy atom. The zero-order chi connectivity index (χ0) is 24.3. The Bertz CT molecular complexity index is 1200. The van der Waals surface area contributed by atoms with Crippen molar-refractivity contribution in [3.8, 4) is 16.9 Å². The SMILES string of the molecule is CC(=O)Oc1cc(CCSc2ccc(C(F)(F)F)cc2)oc(=O)c1-c1c(C)cc(C)cc1C. The number of hydrogen-bond donors (Lipinski definition) is 0. The first kappa shape index (κ1) is 24.6. The average molecular weight is 477 g/mol. The summed E-state index contributed by atoms with van der Waals surface area (Å²) in [5.74, 6) is 0.343. The molecule has 0 N–H and O–H groups in total. The zero-order valence-electron chi connectivity index (χ0n) is 18.6. The molecule has 0 amide bonds. The van der Waals surface area contributed by atoms with Gasteiger partial charge in [0.05, 0.1) is 5.56 Å². The summed E-state index contributed by atoms with van der Waals surface area (Å²) < 4.78 is 49.0. The number of hydrogen-bond acceptors (Lipinski definition) is 5. The van der Waals surface area contributed by atoms with Crippen molar-refractivity contribution in [2.45, 2.75) is 45.2 Å². The van der Waals surface area contributed by atoms with Crippen LogP contribution in [0.1, 0.15) is 34.9 Å². The lowest BCUT2D eigenvalue weighted by Crippen LogP contribution is -2.13. The summed E-state index contributed by atoms with van der Waals surface area (Å²) in [6.07, 6.45) is -4.06. The summed E-state index contributed by atoms with van der Waals surface area (Å²) in [7, 11) is 0. The second kappa shape index (κ2) is 9.87. The number of rotatable bonds is 6. The summed E-state index contributed by atoms with van der Waals surface area (Å²) >= 11 is 1.33. The lowest BCUT2D eigenvalue weighted by Gasteiger charge is -2.15. The third-order valence-electron chi connectivity index (χ3n) is 4.95. The van der Waals surface area contributed by atoms with E-state index in [4.69, 9.17) is 9.15 Å². The van der Waals surface area contributed by atoms with Crippen molar-refractivity contribution < 1.29 is 27.1 Å². The van der Waals surface area contributed by atoms with E-state index in [2.05, 4.69) is 0 Å². The second-order valence-electron chi connectivity index (χ2n) is 7.73. The lowest BCUT2D eigenvalue weighted by atomic mass is 9.94. The van der Waals surface area contributed by atoms with Crippen LogP contribution in [0.25, 0.3) is 11.1 Å². The van der Waals surface area contributed by atoms with Crippen LogP contribution in [0.4, 0.5) is 13.2 Å². The fourth-order valence-corrected chi connectivity index (χ4v) is 4.55. The number of ether oxygens (including phenoxy) is 1. The summed E-state index contributed by atoms with van der Waals surface area (Å²) in [6.45, 7) is 6.96. The standard InChI is InChI=1S/C25H23F3O4S/c1-14-11-15(2)22(16(3)12-14)23-21(31-17(4)29)13-19(32-24(23)30)9-10-33-20-7-5-18(6-8-20)25(26,27)28/h5-8,11-13H,9-10H2,1-4H3. The van der Waals surface area contributed by atoms with Crippen LogP contribution >= 0.6 is 11.8 Å². The Morgan fingerprint density at radius 2 is 1.61 bits per heavy atom. The molecular formula is C25H23F3O4S. The Labute approximate surface area is 193 Å². The molecule has 8 heteroatoms. The maximum absolute atomic E-state index is 12.9. The number of aryl methyl sites for hydroxylation is 4. The van der Waals surface area contributed by atoms with Gasteiger partial charge in [-0.25, -0.2) is 4.79 Å². The van der Waals surface area contributed by atoms with Gasteiger partial charge in [-0.1, -0.05) is 17.7 Å². The Balaban J connectivity index is 1.85. The molecule has 3 rings (SSSR count). The van der Waals surface area contributed by atoms with Crippen LogP contribution in [-0.4, -0.2) is 11.7 Å². The summed E-state index contributed by atoms with van der Waals surface area (Å²) in [5, 5.41) is 0. The Kier molecular flexibility index (Phi) is 7.37. The molecule has 0 fully saturated rings. The molecular weight excluding hydrogens is 453 g/mol. The Hall–Kier alpha value is -3.00. The van der Waals surface area contributed by atoms with E-state index in [9.17, 15) is 22.8 Å². The van der Waals surface area contributed by atoms with Crippen LogP contribution in [-0.2, 0) is 17.4 Å². The van der Waals surface area contributed by atoms with Gasteiger partial charge in [-0.15, -0.1) is 11.8 Å². The van der Waals surface area contributed by atoms with Crippen LogP contribution in [0.15, 0.2) is 56.6 Å². The van der Waals surface area contributed by atoms with E-state index >= 15 is 0 Å². The van der Waals surface area contributed by atoms with Gasteiger partial charge in [0.25, 0.3) is 0 Å². The number of thioether (sulfide) groups is 1. The van der Waals surface area contributed by atoms with Gasteiger partial charge in [-0.2, -0.15) is 13.2 Å². The molecule has 0 radical (unpaired) electrons. The van der Waals surface area contributed by atoms with E-state index in [1.807, 2.05) is 32.9 Å². The molecule has 3 aromatic rings. The van der Waals surface area contributed by atoms with Gasteiger partial charge in [0.1, 0.15) is 17.1 Å². The van der Waals surface area contributed by atoms with Crippen LogP contribution in [0, 0.1) is 20.8 Å². The largest absolute Gasteiger partial charge is 0.427 e. The van der Waals surface area contributed by atoms with Crippen LogP contribution < -0.4 is 10.4 Å². The van der Waals surface area contributed by atoms with Crippen LogP contribution in [0.2, 0.25) is 0 Å². The van der Waals surface area contributed by atoms with Crippen LogP contribution in [0.3, 0.4) is 0 Å². The topological polar surface area (TPSA) is 56.5 Å². The molecule has 4 nitrogen and oxygen atoms in total. The quantitative estimate of drug-likeness (QED) is 0.300. The number of halogens is 3. The highest BCUT2D eigenvalue weighted by Crippen LogP contribution is 2.34. The van der Waals surface area contributed by atoms with Crippen molar-refractivity contribution in [1.82, 2.24) is 0 Å². The molecule has 1 aromatic heterocycles. The second-order valence-corrected chi connectivity index (χ2v) is 8.90. The summed E-state index contributed by atoms with van der Waals surface area (Å²) in [4.78, 5) is 25.3. The molecule has 0 spiro atoms. The highest BCUT2D eigenvalue weighted by Gasteiger charge is 2.30. The third kappa shape index (κ3) is 6.07. The van der Waals surface area contributed by atoms with Crippen LogP contribution in [0.5, 0.6) is 5.75 Å². The van der Waals surface area contributed by atoms with Gasteiger partial charge in [0.2, 0.25) is 0 Å². The molecule has 0 atom stereocenters. The van der Waals surface area contributed by atoms with E-state index in [0.717, 1.165) is 28.8 Å². The number of esters is 1. The van der Waals surface area contributed by atoms with E-state index in [-0.39, 0.29) is 11.3 Å². The fraction of sp³-hybridized carbons (Fsp3) is 0.280. The monoisotopic (exact) mass is 476 g/mol. The van der Waals surface area contributed by atoms with Crippen molar-refractivity contribution in [3.63, 3.8) is 0 Å². The first-order valence-electron chi connectivity index (χ1n) is 10.2. The van der Waals surface area contributed by atoms with E-state index in [1.165, 1.54) is 36.9 Å². The van der Waals surface area contributed by atoms with Crippen molar-refractivity contribution in [2.24, 2.45) is 0 Å². The summed E-state index contributed by atoms with van der Waals surface area (Å²) in [5.41, 5.74) is 2.30. The maximum atomic E-state index is 12.9. The van der Waals surface area contributed by atoms with E-state index in [0.29, 0.717) is 28.4 Å². The molecule has 0 saturated heterocycles. The van der Waals surface area contributed by atoms with Gasteiger partial charge in [-0.05, 0) is 61.7 Å².